The zero-order valence-electron chi connectivity index (χ0n) is 15.2. The molecule has 0 aromatic carbocycles. The Balaban J connectivity index is 4.65. The molecule has 0 heterocycles. The minimum Gasteiger partial charge on any atom is -0.481 e. The van der Waals surface area contributed by atoms with Crippen molar-refractivity contribution in [3.63, 3.8) is 0 Å². The van der Waals surface area contributed by atoms with Gasteiger partial charge in [0.1, 0.15) is 6.04 Å². The first-order chi connectivity index (χ1) is 11.5. The van der Waals surface area contributed by atoms with Crippen LogP contribution >= 0.6 is 0 Å². The molecule has 0 aliphatic carbocycles. The second-order valence-electron chi connectivity index (χ2n) is 6.82. The van der Waals surface area contributed by atoms with E-state index in [1.807, 2.05) is 20.8 Å². The van der Waals surface area contributed by atoms with E-state index in [2.05, 4.69) is 6.58 Å². The predicted octanol–water partition coefficient (Wildman–Crippen LogP) is 2.08. The van der Waals surface area contributed by atoms with Crippen LogP contribution in [-0.2, 0) is 28.8 Å². The predicted molar refractivity (Wildman–Crippen MR) is 89.1 cm³/mol. The number of carboxylic acid groups (broad SMARTS) is 1. The summed E-state index contributed by atoms with van der Waals surface area (Å²) in [6.45, 7) is 10.7. The Morgan fingerprint density at radius 1 is 1.16 bits per heavy atom. The summed E-state index contributed by atoms with van der Waals surface area (Å²) in [5.74, 6) is -3.25. The van der Waals surface area contributed by atoms with Crippen molar-refractivity contribution in [1.82, 2.24) is 5.06 Å². The van der Waals surface area contributed by atoms with Gasteiger partial charge in [-0.05, 0) is 25.2 Å². The van der Waals surface area contributed by atoms with Crippen LogP contribution in [0.3, 0.4) is 0 Å². The summed E-state index contributed by atoms with van der Waals surface area (Å²) >= 11 is 0. The van der Waals surface area contributed by atoms with Gasteiger partial charge in [-0.25, -0.2) is 9.59 Å². The molecule has 8 heteroatoms. The molecule has 0 bridgehead atoms. The normalized spacial score (nSPS) is 12.4. The Morgan fingerprint density at radius 3 is 2.20 bits per heavy atom. The van der Waals surface area contributed by atoms with Gasteiger partial charge in [-0.3, -0.25) is 9.59 Å². The molecule has 142 valence electrons. The minimum absolute atomic E-state index is 0.0471. The first kappa shape index (κ1) is 22.8. The summed E-state index contributed by atoms with van der Waals surface area (Å²) in [7, 11) is 0. The molecule has 0 aliphatic heterocycles. The SMILES string of the molecule is C=CC(=O)ON(CC(C)(C)C)C(C)C(=O)OC(=O)CCCCC(=O)O. The van der Waals surface area contributed by atoms with E-state index in [1.54, 1.807) is 0 Å². The molecule has 0 aromatic rings. The van der Waals surface area contributed by atoms with E-state index in [0.717, 1.165) is 11.1 Å². The minimum atomic E-state index is -0.980. The number of carbonyl (C=O) groups is 4. The van der Waals surface area contributed by atoms with Gasteiger partial charge in [0.2, 0.25) is 0 Å². The van der Waals surface area contributed by atoms with Crippen LogP contribution in [0.1, 0.15) is 53.4 Å². The first-order valence-electron chi connectivity index (χ1n) is 8.03. The molecule has 0 saturated heterocycles. The first-order valence-corrected chi connectivity index (χ1v) is 8.03. The summed E-state index contributed by atoms with van der Waals surface area (Å²) in [6.07, 6.45) is 1.50. The number of hydroxylamine groups is 2. The number of esters is 2. The fourth-order valence-electron chi connectivity index (χ4n) is 1.78. The average molecular weight is 357 g/mol. The van der Waals surface area contributed by atoms with Gasteiger partial charge in [-0.15, -0.1) is 5.06 Å². The van der Waals surface area contributed by atoms with Crippen molar-refractivity contribution < 1.29 is 33.9 Å². The second kappa shape index (κ2) is 10.6. The highest BCUT2D eigenvalue weighted by molar-refractivity contribution is 5.88. The van der Waals surface area contributed by atoms with Gasteiger partial charge in [-0.2, -0.15) is 0 Å². The van der Waals surface area contributed by atoms with Gasteiger partial charge in [0, 0.05) is 25.5 Å². The van der Waals surface area contributed by atoms with Crippen LogP contribution in [0, 0.1) is 5.41 Å². The number of nitrogens with zero attached hydrogens (tertiary/aromatic N) is 1. The van der Waals surface area contributed by atoms with E-state index < -0.39 is 29.9 Å². The molecule has 1 N–H and O–H groups in total. The second-order valence-corrected chi connectivity index (χ2v) is 6.82. The molecule has 1 atom stereocenters. The zero-order valence-corrected chi connectivity index (χ0v) is 15.2. The van der Waals surface area contributed by atoms with Crippen molar-refractivity contribution in [3.05, 3.63) is 12.7 Å². The van der Waals surface area contributed by atoms with Gasteiger partial charge in [0.25, 0.3) is 0 Å². The zero-order chi connectivity index (χ0) is 19.6. The van der Waals surface area contributed by atoms with Gasteiger partial charge in [0.15, 0.2) is 0 Å². The van der Waals surface area contributed by atoms with Crippen molar-refractivity contribution >= 4 is 23.9 Å². The topological polar surface area (TPSA) is 110 Å². The third kappa shape index (κ3) is 11.0. The summed E-state index contributed by atoms with van der Waals surface area (Å²) in [5.41, 5.74) is -0.281. The molecule has 8 nitrogen and oxygen atoms in total. The van der Waals surface area contributed by atoms with E-state index in [-0.39, 0.29) is 24.8 Å². The number of aliphatic carboxylic acids is 1. The maximum absolute atomic E-state index is 12.1. The fourth-order valence-corrected chi connectivity index (χ4v) is 1.78. The molecule has 0 amide bonds. The molecule has 0 radical (unpaired) electrons. The lowest BCUT2D eigenvalue weighted by molar-refractivity contribution is -0.207. The summed E-state index contributed by atoms with van der Waals surface area (Å²) < 4.78 is 4.75. The molecule has 0 spiro atoms. The van der Waals surface area contributed by atoms with Crippen LogP contribution < -0.4 is 0 Å². The summed E-state index contributed by atoms with van der Waals surface area (Å²) in [6, 6.07) is -0.980. The number of rotatable bonds is 10. The van der Waals surface area contributed by atoms with Crippen molar-refractivity contribution in [2.45, 2.75) is 59.4 Å². The highest BCUT2D eigenvalue weighted by Gasteiger charge is 2.30. The van der Waals surface area contributed by atoms with Crippen LogP contribution in [0.2, 0.25) is 0 Å². The van der Waals surface area contributed by atoms with E-state index in [4.69, 9.17) is 14.7 Å². The van der Waals surface area contributed by atoms with Gasteiger partial charge < -0.3 is 14.7 Å². The van der Waals surface area contributed by atoms with Crippen molar-refractivity contribution in [2.75, 3.05) is 6.54 Å². The maximum atomic E-state index is 12.1. The van der Waals surface area contributed by atoms with E-state index >= 15 is 0 Å². The van der Waals surface area contributed by atoms with Crippen molar-refractivity contribution in [3.8, 4) is 0 Å². The molecule has 1 unspecified atom stereocenters. The summed E-state index contributed by atoms with van der Waals surface area (Å²) in [5, 5.41) is 9.68. The smallest absolute Gasteiger partial charge is 0.349 e. The van der Waals surface area contributed by atoms with Crippen molar-refractivity contribution in [2.24, 2.45) is 5.41 Å². The Hall–Kier alpha value is -2.22. The molecule has 0 rings (SSSR count). The number of ether oxygens (including phenoxy) is 1. The maximum Gasteiger partial charge on any atom is 0.349 e. The van der Waals surface area contributed by atoms with Crippen LogP contribution in [0.4, 0.5) is 0 Å². The van der Waals surface area contributed by atoms with E-state index in [0.29, 0.717) is 12.8 Å². The van der Waals surface area contributed by atoms with Crippen molar-refractivity contribution in [1.29, 1.82) is 0 Å². The largest absolute Gasteiger partial charge is 0.481 e. The number of hydrogen-bond acceptors (Lipinski definition) is 7. The highest BCUT2D eigenvalue weighted by Crippen LogP contribution is 2.18. The standard InChI is InChI=1S/C17H27NO7/c1-6-14(21)25-18(11-17(3,4)5)12(2)16(23)24-15(22)10-8-7-9-13(19)20/h6,12H,1,7-11H2,2-5H3,(H,19,20). The average Bonchev–Trinajstić information content (AvgIpc) is 2.48. The van der Waals surface area contributed by atoms with Crippen LogP contribution in [0.25, 0.3) is 0 Å². The monoisotopic (exact) mass is 357 g/mol. The quantitative estimate of drug-likeness (QED) is 0.208. The van der Waals surface area contributed by atoms with Crippen LogP contribution in [0.15, 0.2) is 12.7 Å². The van der Waals surface area contributed by atoms with Gasteiger partial charge in [-0.1, -0.05) is 27.4 Å². The number of carbonyl (C=O) groups excluding carboxylic acids is 3. The van der Waals surface area contributed by atoms with E-state index in [9.17, 15) is 19.2 Å². The Kier molecular flexibility index (Phi) is 9.66. The molecule has 25 heavy (non-hydrogen) atoms. The Bertz CT molecular complexity index is 508. The highest BCUT2D eigenvalue weighted by atomic mass is 16.7. The molecular formula is C17H27NO7. The third-order valence-electron chi connectivity index (χ3n) is 3.01. The van der Waals surface area contributed by atoms with Crippen LogP contribution in [0.5, 0.6) is 0 Å². The van der Waals surface area contributed by atoms with Gasteiger partial charge in [0.05, 0.1) is 0 Å². The molecule has 0 aromatic heterocycles. The molecule has 0 fully saturated rings. The lowest BCUT2D eigenvalue weighted by Gasteiger charge is -2.31. The number of hydrogen-bond donors (Lipinski definition) is 1. The lowest BCUT2D eigenvalue weighted by atomic mass is 9.96. The summed E-state index contributed by atoms with van der Waals surface area (Å²) in [4.78, 5) is 50.6. The third-order valence-corrected chi connectivity index (χ3v) is 3.01. The number of carboxylic acids is 1. The van der Waals surface area contributed by atoms with Crippen LogP contribution in [-0.4, -0.2) is 46.6 Å². The fraction of sp³-hybridized carbons (Fsp3) is 0.647. The lowest BCUT2D eigenvalue weighted by Crippen LogP contribution is -2.45. The van der Waals surface area contributed by atoms with Gasteiger partial charge >= 0.3 is 23.9 Å². The molecule has 0 saturated carbocycles. The number of unbranched alkanes of at least 4 members (excludes halogenated alkanes) is 1. The molecular weight excluding hydrogens is 330 g/mol. The Morgan fingerprint density at radius 2 is 1.72 bits per heavy atom. The molecule has 0 aliphatic rings. The van der Waals surface area contributed by atoms with E-state index in [1.165, 1.54) is 6.92 Å². The Labute approximate surface area is 147 Å².